The summed E-state index contributed by atoms with van der Waals surface area (Å²) in [5, 5.41) is 18.3. The molecule has 0 unspecified atom stereocenters. The van der Waals surface area contributed by atoms with Crippen molar-refractivity contribution in [3.63, 3.8) is 0 Å². The number of rotatable bonds is 6. The highest BCUT2D eigenvalue weighted by molar-refractivity contribution is 5.80. The van der Waals surface area contributed by atoms with E-state index in [1.54, 1.807) is 31.5 Å². The number of nitrogens with two attached hydrogens (primary N) is 1. The zero-order valence-electron chi connectivity index (χ0n) is 14.7. The zero-order chi connectivity index (χ0) is 19.2. The summed E-state index contributed by atoms with van der Waals surface area (Å²) in [4.78, 5) is 8.52. The van der Waals surface area contributed by atoms with Crippen molar-refractivity contribution >= 4 is 5.82 Å². The Bertz CT molecular complexity index is 964. The number of hydrogen-bond acceptors (Lipinski definition) is 7. The van der Waals surface area contributed by atoms with E-state index in [2.05, 4.69) is 16.0 Å². The van der Waals surface area contributed by atoms with Crippen LogP contribution >= 0.6 is 0 Å². The molecule has 0 aliphatic heterocycles. The highest BCUT2D eigenvalue weighted by Gasteiger charge is 2.14. The second-order valence-electron chi connectivity index (χ2n) is 5.61. The molecule has 3 aromatic rings. The smallest absolute Gasteiger partial charge is 0.212 e. The number of nitrogen functional groups attached to an aromatic ring is 1. The van der Waals surface area contributed by atoms with Crippen molar-refractivity contribution in [2.45, 2.75) is 0 Å². The van der Waals surface area contributed by atoms with Crippen molar-refractivity contribution < 1.29 is 14.6 Å². The number of aliphatic hydroxyl groups is 1. The predicted octanol–water partition coefficient (Wildman–Crippen LogP) is 2.64. The van der Waals surface area contributed by atoms with Gasteiger partial charge in [0.1, 0.15) is 29.8 Å². The van der Waals surface area contributed by atoms with Gasteiger partial charge in [0.15, 0.2) is 0 Å². The average molecular weight is 362 g/mol. The highest BCUT2D eigenvalue weighted by Crippen LogP contribution is 2.32. The Hall–Kier alpha value is -3.63. The summed E-state index contributed by atoms with van der Waals surface area (Å²) in [5.74, 6) is 1.29. The van der Waals surface area contributed by atoms with E-state index in [1.807, 2.05) is 24.3 Å². The summed E-state index contributed by atoms with van der Waals surface area (Å²) >= 11 is 0. The molecule has 0 radical (unpaired) electrons. The molecule has 0 spiro atoms. The highest BCUT2D eigenvalue weighted by atomic mass is 16.5. The van der Waals surface area contributed by atoms with Crippen molar-refractivity contribution in [1.82, 2.24) is 9.97 Å². The second kappa shape index (κ2) is 8.17. The normalized spacial score (nSPS) is 10.3. The molecule has 3 rings (SSSR count). The molecule has 2 aromatic heterocycles. The number of nitrogens with zero attached hydrogens (tertiary/aromatic N) is 3. The Morgan fingerprint density at radius 1 is 1.15 bits per heavy atom. The molecule has 0 amide bonds. The third kappa shape index (κ3) is 3.97. The van der Waals surface area contributed by atoms with E-state index in [9.17, 15) is 5.26 Å². The Labute approximate surface area is 156 Å². The van der Waals surface area contributed by atoms with E-state index < -0.39 is 0 Å². The predicted molar refractivity (Wildman–Crippen MR) is 101 cm³/mol. The lowest BCUT2D eigenvalue weighted by Crippen LogP contribution is -2.02. The number of ether oxygens (including phenoxy) is 2. The van der Waals surface area contributed by atoms with Crippen molar-refractivity contribution in [3.8, 4) is 40.1 Å². The van der Waals surface area contributed by atoms with Crippen molar-refractivity contribution in [2.24, 2.45) is 0 Å². The van der Waals surface area contributed by atoms with Crippen LogP contribution in [0.1, 0.15) is 5.56 Å². The molecule has 27 heavy (non-hydrogen) atoms. The fourth-order valence-electron chi connectivity index (χ4n) is 2.60. The molecule has 0 aliphatic carbocycles. The van der Waals surface area contributed by atoms with Gasteiger partial charge in [0.25, 0.3) is 0 Å². The molecular formula is C20H18N4O3. The van der Waals surface area contributed by atoms with Crippen LogP contribution in [0.4, 0.5) is 5.82 Å². The summed E-state index contributed by atoms with van der Waals surface area (Å²) in [7, 11) is 1.55. The molecule has 136 valence electrons. The van der Waals surface area contributed by atoms with E-state index in [4.69, 9.17) is 20.3 Å². The maximum Gasteiger partial charge on any atom is 0.212 e. The van der Waals surface area contributed by atoms with Gasteiger partial charge < -0.3 is 20.3 Å². The number of anilines is 1. The third-order valence-corrected chi connectivity index (χ3v) is 3.93. The number of methoxy groups -OCH3 is 1. The molecule has 1 aromatic carbocycles. The maximum atomic E-state index is 9.51. The fourth-order valence-corrected chi connectivity index (χ4v) is 2.60. The van der Waals surface area contributed by atoms with Gasteiger partial charge in [-0.2, -0.15) is 5.26 Å². The van der Waals surface area contributed by atoms with Crippen molar-refractivity contribution in [2.75, 3.05) is 26.1 Å². The van der Waals surface area contributed by atoms with Gasteiger partial charge in [-0.25, -0.2) is 9.97 Å². The minimum atomic E-state index is -0.0551. The molecule has 7 nitrogen and oxygen atoms in total. The van der Waals surface area contributed by atoms with Gasteiger partial charge in [0, 0.05) is 23.4 Å². The van der Waals surface area contributed by atoms with Gasteiger partial charge >= 0.3 is 0 Å². The van der Waals surface area contributed by atoms with Gasteiger partial charge in [0.05, 0.1) is 19.4 Å². The molecule has 0 saturated heterocycles. The number of aromatic nitrogens is 2. The molecule has 7 heteroatoms. The Balaban J connectivity index is 2.03. The minimum Gasteiger partial charge on any atom is -0.491 e. The van der Waals surface area contributed by atoms with E-state index in [-0.39, 0.29) is 19.0 Å². The quantitative estimate of drug-likeness (QED) is 0.693. The number of nitriles is 1. The molecule has 0 atom stereocenters. The molecule has 0 fully saturated rings. The Morgan fingerprint density at radius 3 is 2.48 bits per heavy atom. The third-order valence-electron chi connectivity index (χ3n) is 3.93. The van der Waals surface area contributed by atoms with Crippen LogP contribution in [0, 0.1) is 11.3 Å². The molecule has 0 saturated carbocycles. The Kier molecular flexibility index (Phi) is 5.50. The number of benzene rings is 1. The van der Waals surface area contributed by atoms with Crippen LogP contribution in [0.3, 0.4) is 0 Å². The standard InChI is InChI=1S/C20H18N4O3/c1-26-19-7-4-14(12-23-19)18-10-16(17(11-21)20(22)24-18)13-2-5-15(6-3-13)27-9-8-25/h2-7,10,12,25H,8-9H2,1H3,(H2,22,24). The summed E-state index contributed by atoms with van der Waals surface area (Å²) in [6, 6.07) is 14.7. The van der Waals surface area contributed by atoms with Gasteiger partial charge in [-0.1, -0.05) is 12.1 Å². The maximum absolute atomic E-state index is 9.51. The monoisotopic (exact) mass is 362 g/mol. The summed E-state index contributed by atoms with van der Waals surface area (Å²) in [6.07, 6.45) is 1.64. The second-order valence-corrected chi connectivity index (χ2v) is 5.61. The van der Waals surface area contributed by atoms with Crippen LogP contribution in [0.15, 0.2) is 48.7 Å². The lowest BCUT2D eigenvalue weighted by Gasteiger charge is -2.11. The molecule has 3 N–H and O–H groups in total. The average Bonchev–Trinajstić information content (AvgIpc) is 2.72. The molecular weight excluding hydrogens is 344 g/mol. The van der Waals surface area contributed by atoms with Crippen LogP contribution in [0.25, 0.3) is 22.4 Å². The Morgan fingerprint density at radius 2 is 1.89 bits per heavy atom. The number of aliphatic hydroxyl groups excluding tert-OH is 1. The number of hydrogen-bond donors (Lipinski definition) is 2. The topological polar surface area (TPSA) is 114 Å². The lowest BCUT2D eigenvalue weighted by atomic mass is 9.99. The van der Waals surface area contributed by atoms with E-state index in [0.29, 0.717) is 28.5 Å². The first-order valence-electron chi connectivity index (χ1n) is 8.21. The molecule has 0 bridgehead atoms. The van der Waals surface area contributed by atoms with Crippen molar-refractivity contribution in [1.29, 1.82) is 5.26 Å². The fraction of sp³-hybridized carbons (Fsp3) is 0.150. The first kappa shape index (κ1) is 18.2. The lowest BCUT2D eigenvalue weighted by molar-refractivity contribution is 0.201. The zero-order valence-corrected chi connectivity index (χ0v) is 14.7. The van der Waals surface area contributed by atoms with Crippen LogP contribution in [0.2, 0.25) is 0 Å². The summed E-state index contributed by atoms with van der Waals surface area (Å²) in [6.45, 7) is 0.167. The van der Waals surface area contributed by atoms with Gasteiger partial charge in [0.2, 0.25) is 5.88 Å². The van der Waals surface area contributed by atoms with Gasteiger partial charge in [-0.15, -0.1) is 0 Å². The summed E-state index contributed by atoms with van der Waals surface area (Å²) in [5.41, 5.74) is 9.18. The van der Waals surface area contributed by atoms with Crippen LogP contribution in [-0.2, 0) is 0 Å². The SMILES string of the molecule is COc1ccc(-c2cc(-c3ccc(OCCO)cc3)c(C#N)c(N)n2)cn1. The van der Waals surface area contributed by atoms with E-state index in [1.165, 1.54) is 0 Å². The van der Waals surface area contributed by atoms with E-state index in [0.717, 1.165) is 11.1 Å². The van der Waals surface area contributed by atoms with Gasteiger partial charge in [-0.3, -0.25) is 0 Å². The van der Waals surface area contributed by atoms with Crippen LogP contribution < -0.4 is 15.2 Å². The van der Waals surface area contributed by atoms with Crippen LogP contribution in [0.5, 0.6) is 11.6 Å². The minimum absolute atomic E-state index is 0.0551. The first-order valence-corrected chi connectivity index (χ1v) is 8.21. The first-order chi connectivity index (χ1) is 13.2. The van der Waals surface area contributed by atoms with E-state index >= 15 is 0 Å². The number of pyridine rings is 2. The molecule has 2 heterocycles. The molecule has 0 aliphatic rings. The van der Waals surface area contributed by atoms with Gasteiger partial charge in [-0.05, 0) is 29.8 Å². The van der Waals surface area contributed by atoms with Crippen molar-refractivity contribution in [3.05, 3.63) is 54.2 Å². The summed E-state index contributed by atoms with van der Waals surface area (Å²) < 4.78 is 10.4. The largest absolute Gasteiger partial charge is 0.491 e. The van der Waals surface area contributed by atoms with Crippen LogP contribution in [-0.4, -0.2) is 35.4 Å².